The van der Waals surface area contributed by atoms with Crippen LogP contribution in [-0.4, -0.2) is 18.5 Å². The van der Waals surface area contributed by atoms with Gasteiger partial charge in [-0.05, 0) is 89.5 Å². The summed E-state index contributed by atoms with van der Waals surface area (Å²) in [6, 6.07) is 0. The Labute approximate surface area is 186 Å². The average molecular weight is 415 g/mol. The van der Waals surface area contributed by atoms with E-state index in [0.29, 0.717) is 24.0 Å². The van der Waals surface area contributed by atoms with Crippen LogP contribution >= 0.6 is 0 Å². The standard InChI is InChI=1S/C28H46O2/c1-21(2)13-11-14-22(3)15-12-16-23(4)28-29-26(24-17-7-5-8-18-24)27(30-28)25-19-9-6-10-20-25/h13,15,24-28H,4-12,14,16-20H2,1-3H3. The van der Waals surface area contributed by atoms with Gasteiger partial charge in [0.2, 0.25) is 0 Å². The van der Waals surface area contributed by atoms with Gasteiger partial charge in [-0.25, -0.2) is 0 Å². The van der Waals surface area contributed by atoms with Crippen molar-refractivity contribution < 1.29 is 9.47 Å². The zero-order valence-corrected chi connectivity index (χ0v) is 20.0. The predicted octanol–water partition coefficient (Wildman–Crippen LogP) is 8.29. The molecule has 2 atom stereocenters. The van der Waals surface area contributed by atoms with Gasteiger partial charge in [-0.15, -0.1) is 0 Å². The number of hydrogen-bond donors (Lipinski definition) is 0. The van der Waals surface area contributed by atoms with E-state index in [0.717, 1.165) is 31.3 Å². The first-order chi connectivity index (χ1) is 14.5. The second-order valence-electron chi connectivity index (χ2n) is 10.4. The molecular formula is C28H46O2. The molecular weight excluding hydrogens is 368 g/mol. The molecule has 0 amide bonds. The van der Waals surface area contributed by atoms with E-state index >= 15 is 0 Å². The van der Waals surface area contributed by atoms with Gasteiger partial charge in [-0.1, -0.05) is 68.4 Å². The molecule has 0 aromatic rings. The monoisotopic (exact) mass is 414 g/mol. The summed E-state index contributed by atoms with van der Waals surface area (Å²) in [6.45, 7) is 11.0. The first kappa shape index (κ1) is 23.8. The van der Waals surface area contributed by atoms with Crippen molar-refractivity contribution in [2.45, 2.75) is 129 Å². The number of rotatable bonds is 9. The third-order valence-corrected chi connectivity index (χ3v) is 7.50. The molecule has 0 bridgehead atoms. The van der Waals surface area contributed by atoms with Crippen molar-refractivity contribution >= 4 is 0 Å². The number of hydrogen-bond acceptors (Lipinski definition) is 2. The van der Waals surface area contributed by atoms with E-state index in [9.17, 15) is 0 Å². The molecule has 1 saturated heterocycles. The quantitative estimate of drug-likeness (QED) is 0.353. The van der Waals surface area contributed by atoms with E-state index in [1.165, 1.54) is 75.4 Å². The van der Waals surface area contributed by atoms with Crippen LogP contribution in [0, 0.1) is 11.8 Å². The molecule has 2 aliphatic carbocycles. The van der Waals surface area contributed by atoms with Crippen LogP contribution in [0.15, 0.2) is 35.5 Å². The molecule has 0 aromatic carbocycles. The lowest BCUT2D eigenvalue weighted by atomic mass is 9.77. The van der Waals surface area contributed by atoms with Crippen molar-refractivity contribution in [3.8, 4) is 0 Å². The predicted molar refractivity (Wildman–Crippen MR) is 127 cm³/mol. The molecule has 0 radical (unpaired) electrons. The Hall–Kier alpha value is -0.860. The summed E-state index contributed by atoms with van der Waals surface area (Å²) in [5.41, 5.74) is 4.03. The fourth-order valence-electron chi connectivity index (χ4n) is 5.66. The molecule has 2 unspecified atom stereocenters. The second kappa shape index (κ2) is 12.2. The Morgan fingerprint density at radius 3 is 1.73 bits per heavy atom. The molecule has 2 saturated carbocycles. The summed E-state index contributed by atoms with van der Waals surface area (Å²) in [7, 11) is 0. The fraction of sp³-hybridized carbons (Fsp3) is 0.786. The van der Waals surface area contributed by atoms with Crippen LogP contribution in [0.5, 0.6) is 0 Å². The minimum absolute atomic E-state index is 0.178. The summed E-state index contributed by atoms with van der Waals surface area (Å²) in [5, 5.41) is 0. The Morgan fingerprint density at radius 2 is 1.23 bits per heavy atom. The third-order valence-electron chi connectivity index (χ3n) is 7.50. The minimum atomic E-state index is -0.178. The number of ether oxygens (including phenoxy) is 2. The maximum absolute atomic E-state index is 6.63. The Balaban J connectivity index is 1.53. The molecule has 0 spiro atoms. The van der Waals surface area contributed by atoms with Crippen LogP contribution in [0.3, 0.4) is 0 Å². The van der Waals surface area contributed by atoms with Crippen LogP contribution in [0.25, 0.3) is 0 Å². The third kappa shape index (κ3) is 7.09. The van der Waals surface area contributed by atoms with E-state index in [2.05, 4.69) is 39.5 Å². The highest BCUT2D eigenvalue weighted by Crippen LogP contribution is 2.42. The molecule has 0 N–H and O–H groups in total. The molecule has 2 nitrogen and oxygen atoms in total. The summed E-state index contributed by atoms with van der Waals surface area (Å²) in [6.07, 6.45) is 23.0. The van der Waals surface area contributed by atoms with Crippen molar-refractivity contribution in [1.82, 2.24) is 0 Å². The van der Waals surface area contributed by atoms with E-state index < -0.39 is 0 Å². The van der Waals surface area contributed by atoms with Crippen LogP contribution in [-0.2, 0) is 9.47 Å². The first-order valence-corrected chi connectivity index (χ1v) is 12.8. The lowest BCUT2D eigenvalue weighted by Crippen LogP contribution is -2.38. The topological polar surface area (TPSA) is 18.5 Å². The Bertz CT molecular complexity index is 560. The lowest BCUT2D eigenvalue weighted by Gasteiger charge is -2.34. The molecule has 1 heterocycles. The largest absolute Gasteiger partial charge is 0.342 e. The minimum Gasteiger partial charge on any atom is -0.342 e. The summed E-state index contributed by atoms with van der Waals surface area (Å²) in [4.78, 5) is 0. The molecule has 30 heavy (non-hydrogen) atoms. The highest BCUT2D eigenvalue weighted by Gasteiger charge is 2.45. The van der Waals surface area contributed by atoms with Gasteiger partial charge < -0.3 is 9.47 Å². The first-order valence-electron chi connectivity index (χ1n) is 12.8. The molecule has 0 aromatic heterocycles. The van der Waals surface area contributed by atoms with Gasteiger partial charge in [0.25, 0.3) is 0 Å². The maximum Gasteiger partial charge on any atom is 0.180 e. The van der Waals surface area contributed by atoms with Crippen molar-refractivity contribution in [3.63, 3.8) is 0 Å². The average Bonchev–Trinajstić information content (AvgIpc) is 3.20. The van der Waals surface area contributed by atoms with Gasteiger partial charge >= 0.3 is 0 Å². The van der Waals surface area contributed by atoms with Crippen LogP contribution in [0.4, 0.5) is 0 Å². The highest BCUT2D eigenvalue weighted by atomic mass is 16.7. The summed E-state index contributed by atoms with van der Waals surface area (Å²) < 4.78 is 13.3. The smallest absolute Gasteiger partial charge is 0.180 e. The number of allylic oxidation sites excluding steroid dienone is 4. The van der Waals surface area contributed by atoms with Crippen molar-refractivity contribution in [2.24, 2.45) is 11.8 Å². The summed E-state index contributed by atoms with van der Waals surface area (Å²) in [5.74, 6) is 1.39. The van der Waals surface area contributed by atoms with E-state index in [4.69, 9.17) is 9.47 Å². The Morgan fingerprint density at radius 1 is 0.733 bits per heavy atom. The van der Waals surface area contributed by atoms with E-state index in [1.807, 2.05) is 0 Å². The van der Waals surface area contributed by atoms with Crippen LogP contribution in [0.1, 0.15) is 111 Å². The zero-order chi connectivity index (χ0) is 21.3. The second-order valence-corrected chi connectivity index (χ2v) is 10.4. The van der Waals surface area contributed by atoms with Gasteiger partial charge in [0.1, 0.15) is 0 Å². The van der Waals surface area contributed by atoms with Gasteiger partial charge in [0, 0.05) is 0 Å². The Kier molecular flexibility index (Phi) is 9.71. The molecule has 170 valence electrons. The molecule has 2 heteroatoms. The van der Waals surface area contributed by atoms with E-state index in [-0.39, 0.29) is 6.29 Å². The lowest BCUT2D eigenvalue weighted by molar-refractivity contribution is -0.0530. The van der Waals surface area contributed by atoms with Crippen molar-refractivity contribution in [1.29, 1.82) is 0 Å². The molecule has 3 rings (SSSR count). The van der Waals surface area contributed by atoms with Crippen molar-refractivity contribution in [2.75, 3.05) is 0 Å². The summed E-state index contributed by atoms with van der Waals surface area (Å²) >= 11 is 0. The van der Waals surface area contributed by atoms with Gasteiger partial charge in [0.15, 0.2) is 6.29 Å². The molecule has 3 aliphatic rings. The van der Waals surface area contributed by atoms with Gasteiger partial charge in [0.05, 0.1) is 12.2 Å². The molecule has 3 fully saturated rings. The normalized spacial score (nSPS) is 29.2. The van der Waals surface area contributed by atoms with E-state index in [1.54, 1.807) is 0 Å². The van der Waals surface area contributed by atoms with Gasteiger partial charge in [-0.2, -0.15) is 0 Å². The fourth-order valence-corrected chi connectivity index (χ4v) is 5.66. The van der Waals surface area contributed by atoms with Gasteiger partial charge in [-0.3, -0.25) is 0 Å². The maximum atomic E-state index is 6.63. The van der Waals surface area contributed by atoms with Crippen LogP contribution in [0.2, 0.25) is 0 Å². The SMILES string of the molecule is C=C(CCC=C(C)CCC=C(C)C)C1OC(C2CCCCC2)C(C2CCCCC2)O1. The highest BCUT2D eigenvalue weighted by molar-refractivity contribution is 5.08. The molecule has 1 aliphatic heterocycles. The van der Waals surface area contributed by atoms with Crippen LogP contribution < -0.4 is 0 Å². The zero-order valence-electron chi connectivity index (χ0n) is 20.0. The van der Waals surface area contributed by atoms with Crippen molar-refractivity contribution in [3.05, 3.63) is 35.5 Å².